The van der Waals surface area contributed by atoms with E-state index >= 15 is 0 Å². The molecular formula is C23H26N2O3. The second-order valence-electron chi connectivity index (χ2n) is 7.68. The molecule has 2 heterocycles. The Morgan fingerprint density at radius 2 is 2.07 bits per heavy atom. The first-order valence-corrected chi connectivity index (χ1v) is 9.62. The number of hydrogen-bond donors (Lipinski definition) is 1. The summed E-state index contributed by atoms with van der Waals surface area (Å²) < 4.78 is 7.55. The normalized spacial score (nSPS) is 15.4. The van der Waals surface area contributed by atoms with Crippen molar-refractivity contribution in [3.05, 3.63) is 64.3 Å². The summed E-state index contributed by atoms with van der Waals surface area (Å²) >= 11 is 0. The van der Waals surface area contributed by atoms with Gasteiger partial charge in [-0.2, -0.15) is 0 Å². The Morgan fingerprint density at radius 1 is 1.25 bits per heavy atom. The highest BCUT2D eigenvalue weighted by Crippen LogP contribution is 2.33. The van der Waals surface area contributed by atoms with E-state index in [1.165, 1.54) is 34.8 Å². The van der Waals surface area contributed by atoms with E-state index in [-0.39, 0.29) is 0 Å². The summed E-state index contributed by atoms with van der Waals surface area (Å²) in [7, 11) is 3.67. The number of methoxy groups -OCH3 is 1. The van der Waals surface area contributed by atoms with Gasteiger partial charge < -0.3 is 19.3 Å². The molecule has 0 spiro atoms. The molecule has 0 amide bonds. The predicted molar refractivity (Wildman–Crippen MR) is 110 cm³/mol. The van der Waals surface area contributed by atoms with Gasteiger partial charge in [-0.25, -0.2) is 0 Å². The Bertz CT molecular complexity index is 1040. The standard InChI is InChI=1S/C23H26N2O3/c1-15-4-7-20-19(10-15)18-8-9-24(2)12-21(18)25(20)13-22(27)16-5-6-17(14-26)23(11-16)28-3/h4-7,10-11,14,22,27H,8-9,12-13H2,1-3H3. The van der Waals surface area contributed by atoms with Crippen LogP contribution in [0.2, 0.25) is 0 Å². The maximum atomic E-state index is 11.1. The Hall–Kier alpha value is -2.63. The zero-order valence-electron chi connectivity index (χ0n) is 16.6. The number of nitrogens with zero attached hydrogens (tertiary/aromatic N) is 2. The highest BCUT2D eigenvalue weighted by molar-refractivity contribution is 5.86. The molecule has 0 saturated heterocycles. The molecule has 0 fully saturated rings. The van der Waals surface area contributed by atoms with Gasteiger partial charge in [0.25, 0.3) is 0 Å². The highest BCUT2D eigenvalue weighted by Gasteiger charge is 2.24. The van der Waals surface area contributed by atoms with Crippen LogP contribution in [0, 0.1) is 6.92 Å². The van der Waals surface area contributed by atoms with Crippen LogP contribution in [0.25, 0.3) is 10.9 Å². The molecule has 0 bridgehead atoms. The third-order valence-electron chi connectivity index (χ3n) is 5.73. The lowest BCUT2D eigenvalue weighted by Gasteiger charge is -2.25. The molecule has 1 N–H and O–H groups in total. The van der Waals surface area contributed by atoms with Crippen molar-refractivity contribution in [2.24, 2.45) is 0 Å². The molecule has 0 aliphatic carbocycles. The van der Waals surface area contributed by atoms with Crippen LogP contribution >= 0.6 is 0 Å². The van der Waals surface area contributed by atoms with E-state index in [4.69, 9.17) is 4.74 Å². The van der Waals surface area contributed by atoms with Gasteiger partial charge in [0.2, 0.25) is 0 Å². The number of rotatable bonds is 5. The summed E-state index contributed by atoms with van der Waals surface area (Å²) in [5, 5.41) is 12.3. The molecule has 0 saturated carbocycles. The van der Waals surface area contributed by atoms with Crippen molar-refractivity contribution >= 4 is 17.2 Å². The average molecular weight is 378 g/mol. The summed E-state index contributed by atoms with van der Waals surface area (Å²) in [5.41, 5.74) is 6.33. The van der Waals surface area contributed by atoms with Gasteiger partial charge in [-0.15, -0.1) is 0 Å². The summed E-state index contributed by atoms with van der Waals surface area (Å²) in [6, 6.07) is 11.8. The summed E-state index contributed by atoms with van der Waals surface area (Å²) in [4.78, 5) is 13.5. The number of benzene rings is 2. The number of aliphatic hydroxyl groups is 1. The molecular weight excluding hydrogens is 352 g/mol. The van der Waals surface area contributed by atoms with E-state index in [9.17, 15) is 9.90 Å². The van der Waals surface area contributed by atoms with E-state index < -0.39 is 6.10 Å². The fourth-order valence-electron chi connectivity index (χ4n) is 4.21. The number of hydrogen-bond acceptors (Lipinski definition) is 4. The van der Waals surface area contributed by atoms with Crippen molar-refractivity contribution in [3.63, 3.8) is 0 Å². The molecule has 4 rings (SSSR count). The first-order chi connectivity index (χ1) is 13.5. The Morgan fingerprint density at radius 3 is 2.82 bits per heavy atom. The SMILES string of the molecule is COc1cc(C(O)Cn2c3c(c4cc(C)ccc42)CCN(C)C3)ccc1C=O. The van der Waals surface area contributed by atoms with E-state index in [1.807, 2.05) is 0 Å². The first-order valence-electron chi connectivity index (χ1n) is 9.62. The van der Waals surface area contributed by atoms with Crippen LogP contribution in [-0.4, -0.2) is 41.6 Å². The fraction of sp³-hybridized carbons (Fsp3) is 0.348. The summed E-state index contributed by atoms with van der Waals surface area (Å²) in [5.74, 6) is 0.487. The molecule has 0 radical (unpaired) electrons. The van der Waals surface area contributed by atoms with Crippen molar-refractivity contribution in [2.45, 2.75) is 32.5 Å². The minimum atomic E-state index is -0.692. The van der Waals surface area contributed by atoms with Crippen LogP contribution in [0.4, 0.5) is 0 Å². The third kappa shape index (κ3) is 3.21. The van der Waals surface area contributed by atoms with Gasteiger partial charge in [-0.3, -0.25) is 4.79 Å². The van der Waals surface area contributed by atoms with E-state index in [0.29, 0.717) is 17.9 Å². The first kappa shape index (κ1) is 18.7. The molecule has 1 aliphatic rings. The van der Waals surface area contributed by atoms with Gasteiger partial charge in [-0.1, -0.05) is 17.7 Å². The Balaban J connectivity index is 1.75. The maximum Gasteiger partial charge on any atom is 0.153 e. The van der Waals surface area contributed by atoms with E-state index in [1.54, 1.807) is 18.2 Å². The molecule has 2 aromatic carbocycles. The number of aldehydes is 1. The lowest BCUT2D eigenvalue weighted by Crippen LogP contribution is -2.28. The van der Waals surface area contributed by atoms with Gasteiger partial charge in [0, 0.05) is 29.7 Å². The zero-order valence-corrected chi connectivity index (χ0v) is 16.6. The molecule has 3 aromatic rings. The Kier molecular flexibility index (Phi) is 4.96. The third-order valence-corrected chi connectivity index (χ3v) is 5.73. The van der Waals surface area contributed by atoms with Crippen molar-refractivity contribution in [2.75, 3.05) is 20.7 Å². The Labute approximate surface area is 165 Å². The molecule has 1 aromatic heterocycles. The number of aliphatic hydroxyl groups excluding tert-OH is 1. The number of aromatic nitrogens is 1. The molecule has 1 unspecified atom stereocenters. The van der Waals surface area contributed by atoms with Crippen molar-refractivity contribution in [1.29, 1.82) is 0 Å². The fourth-order valence-corrected chi connectivity index (χ4v) is 4.21. The quantitative estimate of drug-likeness (QED) is 0.691. The smallest absolute Gasteiger partial charge is 0.153 e. The number of carbonyl (C=O) groups excluding carboxylic acids is 1. The van der Waals surface area contributed by atoms with Gasteiger partial charge in [0.15, 0.2) is 6.29 Å². The number of fused-ring (bicyclic) bond motifs is 3. The van der Waals surface area contributed by atoms with Gasteiger partial charge in [0.1, 0.15) is 5.75 Å². The molecule has 5 heteroatoms. The maximum absolute atomic E-state index is 11.1. The number of carbonyl (C=O) groups is 1. The summed E-state index contributed by atoms with van der Waals surface area (Å²) in [6.07, 6.45) is 1.10. The molecule has 28 heavy (non-hydrogen) atoms. The largest absolute Gasteiger partial charge is 0.496 e. The van der Waals surface area contributed by atoms with Crippen LogP contribution in [0.5, 0.6) is 5.75 Å². The number of likely N-dealkylation sites (N-methyl/N-ethyl adjacent to an activating group) is 1. The number of ether oxygens (including phenoxy) is 1. The minimum Gasteiger partial charge on any atom is -0.496 e. The lowest BCUT2D eigenvalue weighted by atomic mass is 10.0. The monoisotopic (exact) mass is 378 g/mol. The van der Waals surface area contributed by atoms with Gasteiger partial charge in [-0.05, 0) is 55.8 Å². The second-order valence-corrected chi connectivity index (χ2v) is 7.68. The average Bonchev–Trinajstić information content (AvgIpc) is 2.99. The van der Waals surface area contributed by atoms with Crippen molar-refractivity contribution in [3.8, 4) is 5.75 Å². The lowest BCUT2D eigenvalue weighted by molar-refractivity contribution is 0.112. The molecule has 5 nitrogen and oxygen atoms in total. The van der Waals surface area contributed by atoms with E-state index in [2.05, 4.69) is 41.6 Å². The predicted octanol–water partition coefficient (Wildman–Crippen LogP) is 3.49. The van der Waals surface area contributed by atoms with Crippen LogP contribution in [-0.2, 0) is 19.5 Å². The van der Waals surface area contributed by atoms with Crippen LogP contribution < -0.4 is 4.74 Å². The van der Waals surface area contributed by atoms with Crippen LogP contribution in [0.3, 0.4) is 0 Å². The van der Waals surface area contributed by atoms with E-state index in [0.717, 1.165) is 31.4 Å². The van der Waals surface area contributed by atoms with Crippen LogP contribution in [0.15, 0.2) is 36.4 Å². The molecule has 1 atom stereocenters. The molecule has 1 aliphatic heterocycles. The van der Waals surface area contributed by atoms with Crippen LogP contribution in [0.1, 0.15) is 38.8 Å². The minimum absolute atomic E-state index is 0.465. The highest BCUT2D eigenvalue weighted by atomic mass is 16.5. The second kappa shape index (κ2) is 7.41. The molecule has 146 valence electrons. The number of aryl methyl sites for hydroxylation is 1. The van der Waals surface area contributed by atoms with Gasteiger partial charge >= 0.3 is 0 Å². The van der Waals surface area contributed by atoms with Gasteiger partial charge in [0.05, 0.1) is 25.3 Å². The van der Waals surface area contributed by atoms with Crippen molar-refractivity contribution in [1.82, 2.24) is 9.47 Å². The zero-order chi connectivity index (χ0) is 19.8. The topological polar surface area (TPSA) is 54.7 Å². The summed E-state index contributed by atoms with van der Waals surface area (Å²) in [6.45, 7) is 4.51. The van der Waals surface area contributed by atoms with Crippen molar-refractivity contribution < 1.29 is 14.6 Å².